The van der Waals surface area contributed by atoms with Crippen LogP contribution >= 0.6 is 0 Å². The summed E-state index contributed by atoms with van der Waals surface area (Å²) in [7, 11) is 0. The molecule has 6 N–H and O–H groups in total. The molecule has 2 fully saturated rings. The first-order chi connectivity index (χ1) is 9.66. The molecule has 120 valence electrons. The zero-order chi connectivity index (χ0) is 14.9. The molecule has 0 aromatic heterocycles. The summed E-state index contributed by atoms with van der Waals surface area (Å²) >= 11 is 0. The Hall–Kier alpha value is -0.0800. The van der Waals surface area contributed by atoms with Gasteiger partial charge in [-0.2, -0.15) is 0 Å². The molecule has 2 nitrogen and oxygen atoms in total. The molecule has 2 rings (SSSR count). The second-order valence-electron chi connectivity index (χ2n) is 7.33. The van der Waals surface area contributed by atoms with Crippen molar-refractivity contribution in [3.63, 3.8) is 0 Å². The predicted molar refractivity (Wildman–Crippen MR) is 87.1 cm³/mol. The molecule has 2 aliphatic rings. The quantitative estimate of drug-likeness (QED) is 0.797. The average Bonchev–Trinajstić information content (AvgIpc) is 2.56. The Morgan fingerprint density at radius 1 is 0.600 bits per heavy atom. The Morgan fingerprint density at radius 2 is 0.900 bits per heavy atom. The second kappa shape index (κ2) is 9.04. The second-order valence-corrected chi connectivity index (χ2v) is 7.33. The van der Waals surface area contributed by atoms with E-state index >= 15 is 0 Å². The minimum Gasteiger partial charge on any atom is -0.357 e. The topological polar surface area (TPSA) is 55.3 Å². The van der Waals surface area contributed by atoms with E-state index in [1.165, 1.54) is 77.0 Å². The molecule has 0 atom stereocenters. The molecule has 2 heteroatoms. The third-order valence-electron chi connectivity index (χ3n) is 6.39. The fraction of sp³-hybridized carbons (Fsp3) is 1.00. The molecule has 0 aliphatic heterocycles. The van der Waals surface area contributed by atoms with E-state index in [4.69, 9.17) is 0 Å². The summed E-state index contributed by atoms with van der Waals surface area (Å²) in [4.78, 5) is 0. The van der Waals surface area contributed by atoms with Gasteiger partial charge in [0.1, 0.15) is 0 Å². The Morgan fingerprint density at radius 3 is 1.05 bits per heavy atom. The molecule has 0 heterocycles. The SMILES string of the molecule is CCC1(C[NH3+])CCCCC1.CCC1(C[NH3+])CCCCC1. The van der Waals surface area contributed by atoms with Gasteiger partial charge in [-0.15, -0.1) is 0 Å². The lowest BCUT2D eigenvalue weighted by Gasteiger charge is -2.33. The van der Waals surface area contributed by atoms with Gasteiger partial charge in [0.2, 0.25) is 0 Å². The van der Waals surface area contributed by atoms with E-state index in [-0.39, 0.29) is 0 Å². The van der Waals surface area contributed by atoms with Crippen molar-refractivity contribution in [1.29, 1.82) is 0 Å². The van der Waals surface area contributed by atoms with Crippen LogP contribution in [0, 0.1) is 10.8 Å². The highest BCUT2D eigenvalue weighted by Gasteiger charge is 2.30. The Labute approximate surface area is 127 Å². The van der Waals surface area contributed by atoms with Gasteiger partial charge >= 0.3 is 0 Å². The van der Waals surface area contributed by atoms with Gasteiger partial charge in [-0.1, -0.05) is 52.4 Å². The van der Waals surface area contributed by atoms with Gasteiger partial charge in [-0.3, -0.25) is 0 Å². The van der Waals surface area contributed by atoms with Gasteiger partial charge in [0, 0.05) is 10.8 Å². The fourth-order valence-corrected chi connectivity index (χ4v) is 4.16. The zero-order valence-corrected chi connectivity index (χ0v) is 14.3. The van der Waals surface area contributed by atoms with Gasteiger partial charge < -0.3 is 11.5 Å². The van der Waals surface area contributed by atoms with Crippen LogP contribution in [0.25, 0.3) is 0 Å². The zero-order valence-electron chi connectivity index (χ0n) is 14.3. The van der Waals surface area contributed by atoms with Crippen molar-refractivity contribution in [1.82, 2.24) is 0 Å². The van der Waals surface area contributed by atoms with Crippen LogP contribution in [0.5, 0.6) is 0 Å². The third-order valence-corrected chi connectivity index (χ3v) is 6.39. The van der Waals surface area contributed by atoms with E-state index < -0.39 is 0 Å². The monoisotopic (exact) mass is 284 g/mol. The van der Waals surface area contributed by atoms with Crippen LogP contribution in [0.1, 0.15) is 90.9 Å². The lowest BCUT2D eigenvalue weighted by atomic mass is 9.72. The van der Waals surface area contributed by atoms with Crippen LogP contribution < -0.4 is 11.5 Å². The van der Waals surface area contributed by atoms with Crippen molar-refractivity contribution >= 4 is 0 Å². The number of quaternary nitrogens is 2. The third kappa shape index (κ3) is 5.04. The molecule has 0 aromatic rings. The Balaban J connectivity index is 0.000000200. The van der Waals surface area contributed by atoms with Crippen LogP contribution in [0.15, 0.2) is 0 Å². The maximum absolute atomic E-state index is 4.05. The van der Waals surface area contributed by atoms with Gasteiger partial charge in [0.15, 0.2) is 0 Å². The molecule has 0 unspecified atom stereocenters. The van der Waals surface area contributed by atoms with Gasteiger partial charge in [-0.05, 0) is 38.5 Å². The average molecular weight is 285 g/mol. The maximum atomic E-state index is 4.05. The largest absolute Gasteiger partial charge is 0.357 e. The first-order valence-electron chi connectivity index (χ1n) is 9.24. The number of hydrogen-bond donors (Lipinski definition) is 2. The minimum atomic E-state index is 0.651. The van der Waals surface area contributed by atoms with Crippen molar-refractivity contribution in [2.45, 2.75) is 90.9 Å². The molecular formula is C18H40N2+2. The van der Waals surface area contributed by atoms with Crippen molar-refractivity contribution in [2.24, 2.45) is 10.8 Å². The molecule has 0 spiro atoms. The van der Waals surface area contributed by atoms with Crippen LogP contribution in [0.3, 0.4) is 0 Å². The van der Waals surface area contributed by atoms with E-state index in [0.717, 1.165) is 13.1 Å². The van der Waals surface area contributed by atoms with Crippen LogP contribution in [0.2, 0.25) is 0 Å². The molecule has 0 radical (unpaired) electrons. The molecule has 0 aromatic carbocycles. The summed E-state index contributed by atoms with van der Waals surface area (Å²) in [6.45, 7) is 6.94. The summed E-state index contributed by atoms with van der Waals surface area (Å²) in [6.07, 6.45) is 17.1. The smallest absolute Gasteiger partial charge is 0.0796 e. The molecule has 0 saturated heterocycles. The molecule has 0 bridgehead atoms. The molecule has 20 heavy (non-hydrogen) atoms. The Bertz CT molecular complexity index is 200. The van der Waals surface area contributed by atoms with Crippen molar-refractivity contribution in [2.75, 3.05) is 13.1 Å². The van der Waals surface area contributed by atoms with E-state index in [9.17, 15) is 0 Å². The molecule has 2 saturated carbocycles. The lowest BCUT2D eigenvalue weighted by molar-refractivity contribution is -0.395. The number of rotatable bonds is 4. The van der Waals surface area contributed by atoms with Crippen LogP contribution in [-0.2, 0) is 0 Å². The van der Waals surface area contributed by atoms with Crippen molar-refractivity contribution in [3.8, 4) is 0 Å². The van der Waals surface area contributed by atoms with Crippen molar-refractivity contribution in [3.05, 3.63) is 0 Å². The van der Waals surface area contributed by atoms with Crippen LogP contribution in [-0.4, -0.2) is 13.1 Å². The van der Waals surface area contributed by atoms with E-state index in [1.807, 2.05) is 0 Å². The van der Waals surface area contributed by atoms with Gasteiger partial charge in [-0.25, -0.2) is 0 Å². The van der Waals surface area contributed by atoms with E-state index in [1.54, 1.807) is 0 Å². The lowest BCUT2D eigenvalue weighted by Crippen LogP contribution is -2.58. The summed E-state index contributed by atoms with van der Waals surface area (Å²) in [5, 5.41) is 0. The summed E-state index contributed by atoms with van der Waals surface area (Å²) in [5.74, 6) is 0. The summed E-state index contributed by atoms with van der Waals surface area (Å²) in [6, 6.07) is 0. The normalized spacial score (nSPS) is 24.6. The number of hydrogen-bond acceptors (Lipinski definition) is 0. The van der Waals surface area contributed by atoms with E-state index in [0.29, 0.717) is 10.8 Å². The molecule has 0 amide bonds. The minimum absolute atomic E-state index is 0.651. The summed E-state index contributed by atoms with van der Waals surface area (Å²) in [5.41, 5.74) is 9.41. The Kier molecular flexibility index (Phi) is 8.13. The first kappa shape index (κ1) is 18.0. The predicted octanol–water partition coefficient (Wildman–Crippen LogP) is 3.18. The van der Waals surface area contributed by atoms with E-state index in [2.05, 4.69) is 25.3 Å². The van der Waals surface area contributed by atoms with Crippen molar-refractivity contribution < 1.29 is 11.5 Å². The van der Waals surface area contributed by atoms with Gasteiger partial charge in [0.05, 0.1) is 13.1 Å². The highest BCUT2D eigenvalue weighted by Crippen LogP contribution is 2.38. The highest BCUT2D eigenvalue weighted by atomic mass is 14.6. The molecular weight excluding hydrogens is 244 g/mol. The highest BCUT2D eigenvalue weighted by molar-refractivity contribution is 4.80. The van der Waals surface area contributed by atoms with Crippen LogP contribution in [0.4, 0.5) is 0 Å². The van der Waals surface area contributed by atoms with Gasteiger partial charge in [0.25, 0.3) is 0 Å². The fourth-order valence-electron chi connectivity index (χ4n) is 4.16. The standard InChI is InChI=1S/2C9H19N/c2*1-2-9(8-10)6-4-3-5-7-9/h2*2-8,10H2,1H3/p+2. The summed E-state index contributed by atoms with van der Waals surface area (Å²) < 4.78 is 0. The maximum Gasteiger partial charge on any atom is 0.0796 e. The first-order valence-corrected chi connectivity index (χ1v) is 9.24. The molecule has 2 aliphatic carbocycles.